The minimum Gasteiger partial charge on any atom is -0.550 e. The molecule has 0 rings (SSSR count). The Morgan fingerprint density at radius 2 is 0.614 bits per heavy atom. The molecule has 264 valence electrons. The van der Waals surface area contributed by atoms with Crippen LogP contribution >= 0.6 is 0 Å². The molecule has 0 aliphatic carbocycles. The second-order valence-electron chi connectivity index (χ2n) is 11.4. The Labute approximate surface area is 274 Å². The summed E-state index contributed by atoms with van der Waals surface area (Å²) >= 11 is 0. The average Bonchev–Trinajstić information content (AvgIpc) is 2.98. The molecule has 0 aliphatic rings. The van der Waals surface area contributed by atoms with Crippen LogP contribution in [0.3, 0.4) is 0 Å². The summed E-state index contributed by atoms with van der Waals surface area (Å²) in [4.78, 5) is 20.4. The van der Waals surface area contributed by atoms with Crippen molar-refractivity contribution in [1.82, 2.24) is 12.3 Å². The maximum absolute atomic E-state index is 10.2. The van der Waals surface area contributed by atoms with Crippen LogP contribution in [0.5, 0.6) is 0 Å². The Balaban J connectivity index is -0.000000209. The summed E-state index contributed by atoms with van der Waals surface area (Å²) in [5.74, 6) is -1.83. The summed E-state index contributed by atoms with van der Waals surface area (Å²) < 4.78 is 0. The molecule has 0 aromatic rings. The molecule has 0 heterocycles. The smallest absolute Gasteiger partial charge is 0.0414 e. The molecule has 0 unspecified atom stereocenters. The Hall–Kier alpha value is -1.92. The van der Waals surface area contributed by atoms with Gasteiger partial charge >= 0.3 is 0 Å². The molecule has 0 saturated carbocycles. The summed E-state index contributed by atoms with van der Waals surface area (Å²) in [5, 5.41) is 20.4. The highest BCUT2D eigenvalue weighted by Gasteiger charge is 1.93. The van der Waals surface area contributed by atoms with E-state index in [0.717, 1.165) is 38.5 Å². The maximum Gasteiger partial charge on any atom is 0.0414 e. The Morgan fingerprint density at radius 3 is 0.841 bits per heavy atom. The van der Waals surface area contributed by atoms with Crippen molar-refractivity contribution in [3.8, 4) is 0 Å². The molecule has 0 fully saturated rings. The quantitative estimate of drug-likeness (QED) is 0.0601. The first-order valence-corrected chi connectivity index (χ1v) is 17.7. The molecule has 0 radical (unpaired) electrons. The predicted octanol–water partition coefficient (Wildman–Crippen LogP) is 11.1. The van der Waals surface area contributed by atoms with Gasteiger partial charge in [0.1, 0.15) is 0 Å². The molecule has 0 atom stereocenters. The molecule has 8 N–H and O–H groups in total. The lowest BCUT2D eigenvalue weighted by atomic mass is 10.1. The third-order valence-electron chi connectivity index (χ3n) is 7.29. The van der Waals surface area contributed by atoms with Crippen LogP contribution in [0.1, 0.15) is 194 Å². The first-order chi connectivity index (χ1) is 20.5. The standard InChI is InChI=1S/2C18H34O2.C2H4.2H3N/c2*1-2-3-4-5-6-7-8-9-10-11-12-13-14-15-16-17-18(19)20;1-2;;/h2*9-10H,2-8,11-17H2,1H3,(H,19,20);1-2H2;2*1H3/b2*10-9-;;;. The van der Waals surface area contributed by atoms with Gasteiger partial charge in [0, 0.05) is 11.9 Å². The van der Waals surface area contributed by atoms with Gasteiger partial charge in [-0.25, -0.2) is 0 Å². The predicted molar refractivity (Wildman–Crippen MR) is 192 cm³/mol. The fourth-order valence-corrected chi connectivity index (χ4v) is 4.68. The number of aliphatic carboxylic acids is 2. The number of rotatable bonds is 30. The van der Waals surface area contributed by atoms with Gasteiger partial charge in [-0.15, -0.1) is 13.2 Å². The minimum atomic E-state index is -0.914. The molecular weight excluding hydrogens is 548 g/mol. The normalized spacial score (nSPS) is 10.3. The Kier molecular flexibility index (Phi) is 59.5. The molecule has 0 amide bonds. The van der Waals surface area contributed by atoms with Crippen molar-refractivity contribution in [3.63, 3.8) is 0 Å². The number of carbonyl (C=O) groups is 2. The molecule has 0 aromatic carbocycles. The molecule has 0 bridgehead atoms. The summed E-state index contributed by atoms with van der Waals surface area (Å²) in [6, 6.07) is 0. The number of carboxylic acids is 2. The van der Waals surface area contributed by atoms with Crippen LogP contribution in [0.15, 0.2) is 37.5 Å². The third kappa shape index (κ3) is 59.5. The van der Waals surface area contributed by atoms with Gasteiger partial charge in [0.2, 0.25) is 0 Å². The highest BCUT2D eigenvalue weighted by molar-refractivity contribution is 5.64. The van der Waals surface area contributed by atoms with Gasteiger partial charge in [0.15, 0.2) is 0 Å². The number of quaternary nitrogens is 2. The molecule has 6 heteroatoms. The number of hydrogen-bond acceptors (Lipinski definition) is 4. The largest absolute Gasteiger partial charge is 0.550 e. The van der Waals surface area contributed by atoms with Crippen LogP contribution in [-0.2, 0) is 9.59 Å². The van der Waals surface area contributed by atoms with E-state index >= 15 is 0 Å². The van der Waals surface area contributed by atoms with Gasteiger partial charge in [0.25, 0.3) is 0 Å². The van der Waals surface area contributed by atoms with E-state index in [9.17, 15) is 19.8 Å². The summed E-state index contributed by atoms with van der Waals surface area (Å²) in [6.07, 6.45) is 41.8. The van der Waals surface area contributed by atoms with Gasteiger partial charge < -0.3 is 32.1 Å². The van der Waals surface area contributed by atoms with Crippen molar-refractivity contribution < 1.29 is 19.8 Å². The van der Waals surface area contributed by atoms with E-state index in [2.05, 4.69) is 51.3 Å². The molecular formula is C38H78N2O4. The summed E-state index contributed by atoms with van der Waals surface area (Å²) in [7, 11) is 0. The first-order valence-electron chi connectivity index (χ1n) is 17.7. The SMILES string of the molecule is C=C.CCCCCCCC/C=C\CCCCCCCC(=O)[O-].CCCCCCCC/C=C\CCCCCCCC(=O)[O-].[NH4+].[NH4+]. The van der Waals surface area contributed by atoms with E-state index in [-0.39, 0.29) is 25.1 Å². The zero-order valence-corrected chi connectivity index (χ0v) is 30.2. The molecule has 0 spiro atoms. The molecule has 6 nitrogen and oxygen atoms in total. The van der Waals surface area contributed by atoms with Crippen LogP contribution < -0.4 is 22.5 Å². The number of carboxylic acid groups (broad SMARTS) is 2. The maximum atomic E-state index is 10.2. The Bertz CT molecular complexity index is 543. The average molecular weight is 627 g/mol. The van der Waals surface area contributed by atoms with E-state index in [4.69, 9.17) is 0 Å². The molecule has 0 saturated heterocycles. The van der Waals surface area contributed by atoms with Crippen LogP contribution in [0.25, 0.3) is 0 Å². The lowest BCUT2D eigenvalue weighted by Crippen LogP contribution is -2.21. The second-order valence-corrected chi connectivity index (χ2v) is 11.4. The van der Waals surface area contributed by atoms with E-state index in [1.807, 2.05) is 0 Å². The lowest BCUT2D eigenvalue weighted by molar-refractivity contribution is -0.307. The van der Waals surface area contributed by atoms with Crippen LogP contribution in [-0.4, -0.2) is 11.9 Å². The summed E-state index contributed by atoms with van der Waals surface area (Å²) in [6.45, 7) is 10.5. The van der Waals surface area contributed by atoms with Crippen molar-refractivity contribution in [1.29, 1.82) is 0 Å². The zero-order chi connectivity index (χ0) is 31.8. The van der Waals surface area contributed by atoms with Gasteiger partial charge in [0.05, 0.1) is 0 Å². The van der Waals surface area contributed by atoms with Gasteiger partial charge in [-0.05, 0) is 77.0 Å². The zero-order valence-electron chi connectivity index (χ0n) is 30.2. The molecule has 44 heavy (non-hydrogen) atoms. The third-order valence-corrected chi connectivity index (χ3v) is 7.29. The lowest BCUT2D eigenvalue weighted by Gasteiger charge is -2.01. The van der Waals surface area contributed by atoms with E-state index in [0.29, 0.717) is 0 Å². The Morgan fingerprint density at radius 1 is 0.409 bits per heavy atom. The number of allylic oxidation sites excluding steroid dienone is 4. The fourth-order valence-electron chi connectivity index (χ4n) is 4.68. The number of unbranched alkanes of at least 4 members (excludes halogenated alkanes) is 22. The van der Waals surface area contributed by atoms with Gasteiger partial charge in [-0.1, -0.05) is 141 Å². The van der Waals surface area contributed by atoms with Crippen molar-refractivity contribution in [2.24, 2.45) is 0 Å². The molecule has 0 aromatic heterocycles. The minimum absolute atomic E-state index is 0. The second kappa shape index (κ2) is 50.7. The topological polar surface area (TPSA) is 153 Å². The van der Waals surface area contributed by atoms with E-state index in [1.54, 1.807) is 0 Å². The number of hydrogen-bond donors (Lipinski definition) is 2. The van der Waals surface area contributed by atoms with Crippen LogP contribution in [0.4, 0.5) is 0 Å². The first kappa shape index (κ1) is 51.6. The van der Waals surface area contributed by atoms with E-state index in [1.165, 1.54) is 128 Å². The van der Waals surface area contributed by atoms with Crippen LogP contribution in [0.2, 0.25) is 0 Å². The van der Waals surface area contributed by atoms with Crippen molar-refractivity contribution in [3.05, 3.63) is 37.5 Å². The summed E-state index contributed by atoms with van der Waals surface area (Å²) in [5.41, 5.74) is 0. The van der Waals surface area contributed by atoms with Gasteiger partial charge in [-0.2, -0.15) is 0 Å². The number of carbonyl (C=O) groups excluding carboxylic acids is 2. The highest BCUT2D eigenvalue weighted by atomic mass is 16.4. The monoisotopic (exact) mass is 627 g/mol. The van der Waals surface area contributed by atoms with Crippen molar-refractivity contribution >= 4 is 11.9 Å². The van der Waals surface area contributed by atoms with Crippen molar-refractivity contribution in [2.75, 3.05) is 0 Å². The van der Waals surface area contributed by atoms with Crippen LogP contribution in [0, 0.1) is 0 Å². The van der Waals surface area contributed by atoms with Gasteiger partial charge in [-0.3, -0.25) is 0 Å². The van der Waals surface area contributed by atoms with E-state index < -0.39 is 11.9 Å². The highest BCUT2D eigenvalue weighted by Crippen LogP contribution is 2.11. The van der Waals surface area contributed by atoms with Crippen molar-refractivity contribution in [2.45, 2.75) is 194 Å². The molecule has 0 aliphatic heterocycles. The fraction of sp³-hybridized carbons (Fsp3) is 0.789.